The number of Topliss-reactive ketones (excluding diaryl/α,β-unsaturated/α-hetero) is 1. The van der Waals surface area contributed by atoms with Crippen molar-refractivity contribution >= 4 is 34.8 Å². The zero-order valence-corrected chi connectivity index (χ0v) is 13.4. The standard InChI is InChI=1S/C17H10ClN3OS/c18-13-6-2-1-5-11(13)16(22)12(9-19)17-21-15(10-23-17)14-7-3-4-8-20-14/h1-8,10,21H/b17-12+. The van der Waals surface area contributed by atoms with Gasteiger partial charge in [-0.05, 0) is 24.3 Å². The molecule has 1 aromatic heterocycles. The molecule has 2 aromatic rings. The van der Waals surface area contributed by atoms with Crippen LogP contribution in [0.4, 0.5) is 0 Å². The first kappa shape index (κ1) is 15.3. The SMILES string of the molecule is N#C/C(C(=O)c1ccccc1Cl)=C1/NC(c2ccccn2)=CS1. The van der Waals surface area contributed by atoms with E-state index in [1.807, 2.05) is 29.7 Å². The van der Waals surface area contributed by atoms with Crippen molar-refractivity contribution in [3.05, 3.63) is 81.0 Å². The summed E-state index contributed by atoms with van der Waals surface area (Å²) in [5, 5.41) is 15.1. The number of thioether (sulfide) groups is 1. The van der Waals surface area contributed by atoms with E-state index in [1.165, 1.54) is 11.8 Å². The smallest absolute Gasteiger partial charge is 0.207 e. The lowest BCUT2D eigenvalue weighted by molar-refractivity contribution is 0.103. The van der Waals surface area contributed by atoms with Gasteiger partial charge in [0.1, 0.15) is 11.6 Å². The van der Waals surface area contributed by atoms with E-state index in [-0.39, 0.29) is 5.57 Å². The first-order valence-electron chi connectivity index (χ1n) is 6.69. The molecule has 6 heteroatoms. The van der Waals surface area contributed by atoms with Crippen molar-refractivity contribution in [1.29, 1.82) is 5.26 Å². The average Bonchev–Trinajstić information content (AvgIpc) is 3.06. The lowest BCUT2D eigenvalue weighted by atomic mass is 10.1. The number of aromatic nitrogens is 1. The van der Waals surface area contributed by atoms with Crippen molar-refractivity contribution < 1.29 is 4.79 Å². The summed E-state index contributed by atoms with van der Waals surface area (Å²) in [7, 11) is 0. The van der Waals surface area contributed by atoms with Gasteiger partial charge in [0, 0.05) is 17.2 Å². The Morgan fingerprint density at radius 1 is 1.22 bits per heavy atom. The number of nitriles is 1. The molecule has 0 fully saturated rings. The van der Waals surface area contributed by atoms with Crippen LogP contribution in [0.5, 0.6) is 0 Å². The Bertz CT molecular complexity index is 869. The molecule has 112 valence electrons. The van der Waals surface area contributed by atoms with Gasteiger partial charge in [-0.25, -0.2) is 0 Å². The van der Waals surface area contributed by atoms with Crippen LogP contribution in [0.3, 0.4) is 0 Å². The Balaban J connectivity index is 1.91. The molecular weight excluding hydrogens is 330 g/mol. The molecule has 0 atom stereocenters. The third-order valence-electron chi connectivity index (χ3n) is 3.17. The highest BCUT2D eigenvalue weighted by atomic mass is 35.5. The molecule has 0 radical (unpaired) electrons. The topological polar surface area (TPSA) is 65.8 Å². The van der Waals surface area contributed by atoms with Crippen molar-refractivity contribution in [2.75, 3.05) is 0 Å². The molecule has 0 saturated heterocycles. The average molecular weight is 340 g/mol. The van der Waals surface area contributed by atoms with Gasteiger partial charge in [-0.15, -0.1) is 0 Å². The van der Waals surface area contributed by atoms with E-state index in [1.54, 1.807) is 30.5 Å². The van der Waals surface area contributed by atoms with Crippen LogP contribution in [0.25, 0.3) is 5.70 Å². The van der Waals surface area contributed by atoms with Gasteiger partial charge in [-0.1, -0.05) is 41.6 Å². The van der Waals surface area contributed by atoms with Gasteiger partial charge in [0.15, 0.2) is 0 Å². The van der Waals surface area contributed by atoms with Gasteiger partial charge in [-0.3, -0.25) is 9.78 Å². The molecule has 1 aliphatic heterocycles. The van der Waals surface area contributed by atoms with E-state index in [9.17, 15) is 10.1 Å². The van der Waals surface area contributed by atoms with E-state index >= 15 is 0 Å². The highest BCUT2D eigenvalue weighted by molar-refractivity contribution is 8.06. The minimum absolute atomic E-state index is 0.0327. The second-order valence-corrected chi connectivity index (χ2v) is 5.90. The summed E-state index contributed by atoms with van der Waals surface area (Å²) in [6.45, 7) is 0. The number of hydrogen-bond donors (Lipinski definition) is 1. The third kappa shape index (κ3) is 3.14. The number of carbonyl (C=O) groups excluding carboxylic acids is 1. The molecule has 0 bridgehead atoms. The van der Waals surface area contributed by atoms with Crippen LogP contribution in [-0.2, 0) is 0 Å². The van der Waals surface area contributed by atoms with Gasteiger partial charge in [-0.2, -0.15) is 5.26 Å². The summed E-state index contributed by atoms with van der Waals surface area (Å²) >= 11 is 7.34. The number of rotatable bonds is 3. The van der Waals surface area contributed by atoms with E-state index < -0.39 is 5.78 Å². The van der Waals surface area contributed by atoms with E-state index in [0.29, 0.717) is 15.6 Å². The molecule has 2 heterocycles. The Kier molecular flexibility index (Phi) is 4.47. The Labute approximate surface area is 142 Å². The molecule has 0 spiro atoms. The van der Waals surface area contributed by atoms with E-state index in [0.717, 1.165) is 11.4 Å². The van der Waals surface area contributed by atoms with Gasteiger partial charge < -0.3 is 5.32 Å². The lowest BCUT2D eigenvalue weighted by Gasteiger charge is -2.07. The Hall–Kier alpha value is -2.55. The minimum atomic E-state index is -0.399. The molecule has 4 nitrogen and oxygen atoms in total. The first-order chi connectivity index (χ1) is 11.2. The number of allylic oxidation sites excluding steroid dienone is 1. The minimum Gasteiger partial charge on any atom is -0.347 e. The predicted molar refractivity (Wildman–Crippen MR) is 91.4 cm³/mol. The number of carbonyl (C=O) groups is 1. The number of nitrogens with zero attached hydrogens (tertiary/aromatic N) is 2. The van der Waals surface area contributed by atoms with Crippen LogP contribution in [0.2, 0.25) is 5.02 Å². The quantitative estimate of drug-likeness (QED) is 0.520. The summed E-state index contributed by atoms with van der Waals surface area (Å²) in [6, 6.07) is 14.2. The fourth-order valence-corrected chi connectivity index (χ4v) is 3.11. The zero-order chi connectivity index (χ0) is 16.2. The fraction of sp³-hybridized carbons (Fsp3) is 0. The van der Waals surface area contributed by atoms with E-state index in [2.05, 4.69) is 10.3 Å². The molecule has 0 aliphatic carbocycles. The van der Waals surface area contributed by atoms with Gasteiger partial charge in [0.25, 0.3) is 0 Å². The summed E-state index contributed by atoms with van der Waals surface area (Å²) in [6.07, 6.45) is 1.68. The maximum atomic E-state index is 12.6. The van der Waals surface area contributed by atoms with Crippen LogP contribution in [0.15, 0.2) is 64.7 Å². The van der Waals surface area contributed by atoms with Crippen molar-refractivity contribution in [3.63, 3.8) is 0 Å². The van der Waals surface area contributed by atoms with E-state index in [4.69, 9.17) is 11.6 Å². The maximum absolute atomic E-state index is 12.6. The number of hydrogen-bond acceptors (Lipinski definition) is 5. The highest BCUT2D eigenvalue weighted by Crippen LogP contribution is 2.32. The van der Waals surface area contributed by atoms with Crippen LogP contribution in [0.1, 0.15) is 16.1 Å². The number of pyridine rings is 1. The number of nitrogens with one attached hydrogen (secondary N) is 1. The third-order valence-corrected chi connectivity index (χ3v) is 4.39. The predicted octanol–water partition coefficient (Wildman–Crippen LogP) is 3.99. The van der Waals surface area contributed by atoms with Crippen LogP contribution in [0, 0.1) is 11.3 Å². The fourth-order valence-electron chi connectivity index (χ4n) is 2.05. The molecule has 1 N–H and O–H groups in total. The summed E-state index contributed by atoms with van der Waals surface area (Å²) in [4.78, 5) is 16.8. The largest absolute Gasteiger partial charge is 0.347 e. The highest BCUT2D eigenvalue weighted by Gasteiger charge is 2.23. The monoisotopic (exact) mass is 339 g/mol. The molecular formula is C17H10ClN3OS. The molecule has 1 aromatic carbocycles. The summed E-state index contributed by atoms with van der Waals surface area (Å²) < 4.78 is 0. The Morgan fingerprint density at radius 2 is 2.00 bits per heavy atom. The maximum Gasteiger partial charge on any atom is 0.207 e. The second kappa shape index (κ2) is 6.69. The first-order valence-corrected chi connectivity index (χ1v) is 7.95. The summed E-state index contributed by atoms with van der Waals surface area (Å²) in [5.41, 5.74) is 1.85. The van der Waals surface area contributed by atoms with Crippen LogP contribution < -0.4 is 5.32 Å². The molecule has 3 rings (SSSR count). The molecule has 23 heavy (non-hydrogen) atoms. The normalized spacial score (nSPS) is 15.4. The second-order valence-electron chi connectivity index (χ2n) is 4.61. The number of halogens is 1. The molecule has 1 aliphatic rings. The molecule has 0 saturated carbocycles. The van der Waals surface area contributed by atoms with Gasteiger partial charge in [0.2, 0.25) is 5.78 Å². The van der Waals surface area contributed by atoms with Crippen LogP contribution in [-0.4, -0.2) is 10.8 Å². The van der Waals surface area contributed by atoms with Gasteiger partial charge >= 0.3 is 0 Å². The van der Waals surface area contributed by atoms with Crippen molar-refractivity contribution in [2.24, 2.45) is 0 Å². The molecule has 0 unspecified atom stereocenters. The Morgan fingerprint density at radius 3 is 2.70 bits per heavy atom. The number of benzene rings is 1. The zero-order valence-electron chi connectivity index (χ0n) is 11.8. The molecule has 0 amide bonds. The van der Waals surface area contributed by atoms with Crippen molar-refractivity contribution in [1.82, 2.24) is 10.3 Å². The number of ketones is 1. The van der Waals surface area contributed by atoms with Crippen molar-refractivity contribution in [3.8, 4) is 6.07 Å². The van der Waals surface area contributed by atoms with Crippen molar-refractivity contribution in [2.45, 2.75) is 0 Å². The van der Waals surface area contributed by atoms with Gasteiger partial charge in [0.05, 0.1) is 21.4 Å². The van der Waals surface area contributed by atoms with Crippen LogP contribution >= 0.6 is 23.4 Å². The summed E-state index contributed by atoms with van der Waals surface area (Å²) in [5.74, 6) is -0.399. The lowest BCUT2D eigenvalue weighted by Crippen LogP contribution is -2.12.